The highest BCUT2D eigenvalue weighted by Crippen LogP contribution is 2.29. The second-order valence-electron chi connectivity index (χ2n) is 5.63. The lowest BCUT2D eigenvalue weighted by Crippen LogP contribution is -2.15. The van der Waals surface area contributed by atoms with Gasteiger partial charge in [-0.3, -0.25) is 9.67 Å². The van der Waals surface area contributed by atoms with E-state index in [1.165, 1.54) is 0 Å². The van der Waals surface area contributed by atoms with Gasteiger partial charge in [0.2, 0.25) is 0 Å². The first-order chi connectivity index (χ1) is 10.6. The summed E-state index contributed by atoms with van der Waals surface area (Å²) in [5, 5.41) is 5.94. The highest BCUT2D eigenvalue weighted by Gasteiger charge is 2.12. The second kappa shape index (κ2) is 10.7. The third kappa shape index (κ3) is 5.66. The van der Waals surface area contributed by atoms with Crippen LogP contribution in [0.5, 0.6) is 0 Å². The average molecular weight is 450 g/mol. The third-order valence-electron chi connectivity index (χ3n) is 3.63. The van der Waals surface area contributed by atoms with Crippen LogP contribution in [0.1, 0.15) is 6.42 Å². The van der Waals surface area contributed by atoms with Crippen molar-refractivity contribution < 1.29 is 5.48 Å². The number of halogens is 3. The molecule has 0 saturated carbocycles. The molecule has 0 aliphatic heterocycles. The maximum Gasteiger partial charge on any atom is 0.102 e. The summed E-state index contributed by atoms with van der Waals surface area (Å²) in [4.78, 5) is 6.47. The fraction of sp³-hybridized carbons (Fsp3) is 0.294. The van der Waals surface area contributed by atoms with Gasteiger partial charge in [-0.15, -0.1) is 24.8 Å². The van der Waals surface area contributed by atoms with Crippen LogP contribution in [0, 0.1) is 0 Å². The largest absolute Gasteiger partial charge is 0.412 e. The van der Waals surface area contributed by atoms with Gasteiger partial charge in [0.05, 0.1) is 5.52 Å². The van der Waals surface area contributed by atoms with Crippen LogP contribution < -0.4 is 0 Å². The molecule has 2 aromatic heterocycles. The van der Waals surface area contributed by atoms with Crippen LogP contribution in [0.4, 0.5) is 0 Å². The van der Waals surface area contributed by atoms with Crippen molar-refractivity contribution in [2.75, 3.05) is 20.6 Å². The van der Waals surface area contributed by atoms with Crippen molar-refractivity contribution in [3.8, 4) is 11.3 Å². The minimum Gasteiger partial charge on any atom is -0.412 e. The number of rotatable bonds is 5. The van der Waals surface area contributed by atoms with Gasteiger partial charge in [0, 0.05) is 34.4 Å². The molecule has 0 radical (unpaired) electrons. The molecule has 1 aromatic carbocycles. The van der Waals surface area contributed by atoms with Crippen molar-refractivity contribution in [1.82, 2.24) is 19.7 Å². The molecule has 0 fully saturated rings. The lowest BCUT2D eigenvalue weighted by molar-refractivity contribution is 0.383. The van der Waals surface area contributed by atoms with Gasteiger partial charge in [0.25, 0.3) is 0 Å². The molecule has 5 nitrogen and oxygen atoms in total. The molecule has 0 aliphatic carbocycles. The molecule has 2 heterocycles. The number of fused-ring (bicyclic) bond motifs is 1. The summed E-state index contributed by atoms with van der Waals surface area (Å²) in [5.41, 5.74) is 3.25. The number of aryl methyl sites for hydroxylation is 1. The summed E-state index contributed by atoms with van der Waals surface area (Å²) in [5.74, 6) is 0. The molecule has 0 aliphatic rings. The highest BCUT2D eigenvalue weighted by atomic mass is 79.9. The fourth-order valence-corrected chi connectivity index (χ4v) is 2.98. The van der Waals surface area contributed by atoms with Crippen molar-refractivity contribution in [2.45, 2.75) is 13.0 Å². The molecule has 2 N–H and O–H groups in total. The molecule has 3 aromatic rings. The Morgan fingerprint density at radius 1 is 1.16 bits per heavy atom. The van der Waals surface area contributed by atoms with Crippen LogP contribution in [0.15, 0.2) is 47.2 Å². The van der Waals surface area contributed by atoms with E-state index < -0.39 is 0 Å². The Morgan fingerprint density at radius 3 is 2.60 bits per heavy atom. The van der Waals surface area contributed by atoms with Gasteiger partial charge in [-0.2, -0.15) is 5.10 Å². The molecular formula is C17H23BrCl2N4O. The lowest BCUT2D eigenvalue weighted by Gasteiger charge is -2.09. The Balaban J connectivity index is 0.00000192. The molecule has 0 atom stereocenters. The molecule has 138 valence electrons. The smallest absolute Gasteiger partial charge is 0.102 e. The number of pyridine rings is 1. The number of hydrogen-bond donors (Lipinski definition) is 0. The van der Waals surface area contributed by atoms with E-state index in [-0.39, 0.29) is 30.3 Å². The zero-order chi connectivity index (χ0) is 15.5. The molecule has 0 spiro atoms. The van der Waals surface area contributed by atoms with Crippen LogP contribution in [-0.4, -0.2) is 45.8 Å². The Bertz CT molecular complexity index is 795. The van der Waals surface area contributed by atoms with Gasteiger partial charge >= 0.3 is 0 Å². The summed E-state index contributed by atoms with van der Waals surface area (Å²) < 4.78 is 3.15. The summed E-state index contributed by atoms with van der Waals surface area (Å²) in [6.45, 7) is 1.96. The summed E-state index contributed by atoms with van der Waals surface area (Å²) >= 11 is 3.53. The summed E-state index contributed by atoms with van der Waals surface area (Å²) in [6.07, 6.45) is 4.81. The second-order valence-corrected chi connectivity index (χ2v) is 6.55. The molecule has 25 heavy (non-hydrogen) atoms. The fourth-order valence-electron chi connectivity index (χ4n) is 2.58. The van der Waals surface area contributed by atoms with Gasteiger partial charge in [-0.05, 0) is 45.3 Å². The summed E-state index contributed by atoms with van der Waals surface area (Å²) in [7, 11) is 4.19. The first kappa shape index (κ1) is 23.8. The van der Waals surface area contributed by atoms with E-state index in [0.717, 1.165) is 46.1 Å². The van der Waals surface area contributed by atoms with E-state index >= 15 is 0 Å². The molecule has 0 unspecified atom stereocenters. The lowest BCUT2D eigenvalue weighted by atomic mass is 10.1. The maximum atomic E-state index is 4.83. The van der Waals surface area contributed by atoms with Gasteiger partial charge in [0.15, 0.2) is 0 Å². The minimum absolute atomic E-state index is 0. The molecule has 0 amide bonds. The Morgan fingerprint density at radius 2 is 1.92 bits per heavy atom. The molecule has 3 rings (SSSR count). The average Bonchev–Trinajstić information content (AvgIpc) is 2.86. The van der Waals surface area contributed by atoms with Gasteiger partial charge in [-0.1, -0.05) is 28.1 Å². The number of benzene rings is 1. The topological polar surface area (TPSA) is 65.5 Å². The molecular weight excluding hydrogens is 427 g/mol. The maximum absolute atomic E-state index is 4.83. The van der Waals surface area contributed by atoms with Gasteiger partial charge in [-0.25, -0.2) is 0 Å². The van der Waals surface area contributed by atoms with E-state index in [0.29, 0.717) is 0 Å². The van der Waals surface area contributed by atoms with E-state index in [1.54, 1.807) is 0 Å². The van der Waals surface area contributed by atoms with E-state index in [2.05, 4.69) is 56.7 Å². The van der Waals surface area contributed by atoms with Gasteiger partial charge < -0.3 is 10.4 Å². The van der Waals surface area contributed by atoms with E-state index in [1.807, 2.05) is 30.6 Å². The van der Waals surface area contributed by atoms with Crippen molar-refractivity contribution >= 4 is 51.6 Å². The van der Waals surface area contributed by atoms with Crippen molar-refractivity contribution in [2.24, 2.45) is 0 Å². The van der Waals surface area contributed by atoms with Crippen molar-refractivity contribution in [1.29, 1.82) is 0 Å². The Kier molecular flexibility index (Phi) is 10.2. The third-order valence-corrected chi connectivity index (χ3v) is 4.12. The first-order valence-corrected chi connectivity index (χ1v) is 8.15. The first-order valence-electron chi connectivity index (χ1n) is 7.36. The quantitative estimate of drug-likeness (QED) is 0.594. The summed E-state index contributed by atoms with van der Waals surface area (Å²) in [6, 6.07) is 10.3. The van der Waals surface area contributed by atoms with E-state index in [9.17, 15) is 0 Å². The Hall–Kier alpha value is -1.18. The molecule has 0 bridgehead atoms. The normalized spacial score (nSPS) is 10.1. The zero-order valence-electron chi connectivity index (χ0n) is 14.1. The van der Waals surface area contributed by atoms with E-state index in [4.69, 9.17) is 5.10 Å². The number of aromatic nitrogens is 3. The predicted octanol–water partition coefficient (Wildman–Crippen LogP) is 3.83. The highest BCUT2D eigenvalue weighted by molar-refractivity contribution is 9.10. The number of nitrogens with zero attached hydrogens (tertiary/aromatic N) is 4. The molecule has 0 saturated heterocycles. The zero-order valence-corrected chi connectivity index (χ0v) is 17.4. The van der Waals surface area contributed by atoms with Crippen molar-refractivity contribution in [3.05, 3.63) is 47.2 Å². The van der Waals surface area contributed by atoms with Crippen LogP contribution >= 0.6 is 40.7 Å². The Labute approximate surface area is 168 Å². The number of hydrogen-bond acceptors (Lipinski definition) is 3. The molecule has 8 heteroatoms. The van der Waals surface area contributed by atoms with Crippen LogP contribution in [0.25, 0.3) is 22.2 Å². The van der Waals surface area contributed by atoms with Gasteiger partial charge in [0.1, 0.15) is 5.69 Å². The SMILES string of the molecule is CN(C)CCCn1nc(-c2cccc(Br)c2)c2cnccc21.Cl.Cl.O. The van der Waals surface area contributed by atoms with Crippen LogP contribution in [0.2, 0.25) is 0 Å². The predicted molar refractivity (Wildman–Crippen MR) is 112 cm³/mol. The monoisotopic (exact) mass is 448 g/mol. The minimum atomic E-state index is 0. The standard InChI is InChI=1S/C17H19BrN4.2ClH.H2O/c1-21(2)9-4-10-22-16-7-8-19-12-15(16)17(20-22)13-5-3-6-14(18)11-13;;;/h3,5-8,11-12H,4,9-10H2,1-2H3;2*1H;1H2. The van der Waals surface area contributed by atoms with Crippen LogP contribution in [0.3, 0.4) is 0 Å². The van der Waals surface area contributed by atoms with Crippen molar-refractivity contribution in [3.63, 3.8) is 0 Å². The van der Waals surface area contributed by atoms with Crippen LogP contribution in [-0.2, 0) is 6.54 Å².